The summed E-state index contributed by atoms with van der Waals surface area (Å²) in [5.41, 5.74) is 1.14. The van der Waals surface area contributed by atoms with E-state index in [-0.39, 0.29) is 5.88 Å². The summed E-state index contributed by atoms with van der Waals surface area (Å²) < 4.78 is 25.9. The van der Waals surface area contributed by atoms with Crippen LogP contribution in [0.2, 0.25) is 0 Å². The molecule has 6 heteroatoms. The zero-order chi connectivity index (χ0) is 13.9. The normalized spacial score (nSPS) is 19.4. The minimum absolute atomic E-state index is 0.140. The number of halogens is 1. The van der Waals surface area contributed by atoms with Gasteiger partial charge < -0.3 is 4.90 Å². The van der Waals surface area contributed by atoms with E-state index in [9.17, 15) is 8.42 Å². The molecular formula is C13H19ClN2O2S. The largest absolute Gasteiger partial charge is 0.369 e. The summed E-state index contributed by atoms with van der Waals surface area (Å²) in [6.45, 7) is 4.15. The van der Waals surface area contributed by atoms with Crippen LogP contribution in [-0.2, 0) is 10.0 Å². The SMILES string of the molecule is CC(CCl)S(=O)(=O)N1CCN(c2ccccc2)CC1. The molecule has 0 amide bonds. The second-order valence-electron chi connectivity index (χ2n) is 4.73. The molecule has 0 bridgehead atoms. The van der Waals surface area contributed by atoms with E-state index in [2.05, 4.69) is 4.90 Å². The van der Waals surface area contributed by atoms with Gasteiger partial charge in [0.25, 0.3) is 0 Å². The van der Waals surface area contributed by atoms with Crippen molar-refractivity contribution in [1.29, 1.82) is 0 Å². The van der Waals surface area contributed by atoms with Gasteiger partial charge in [-0.3, -0.25) is 0 Å². The van der Waals surface area contributed by atoms with E-state index in [1.807, 2.05) is 30.3 Å². The van der Waals surface area contributed by atoms with Crippen LogP contribution in [0.25, 0.3) is 0 Å². The van der Waals surface area contributed by atoms with Gasteiger partial charge in [0.2, 0.25) is 10.0 Å². The van der Waals surface area contributed by atoms with Crippen LogP contribution in [0.5, 0.6) is 0 Å². The Balaban J connectivity index is 2.00. The molecule has 1 aliphatic heterocycles. The average molecular weight is 303 g/mol. The maximum Gasteiger partial charge on any atom is 0.218 e. The van der Waals surface area contributed by atoms with Crippen molar-refractivity contribution in [3.8, 4) is 0 Å². The van der Waals surface area contributed by atoms with Crippen LogP contribution in [0, 0.1) is 0 Å². The van der Waals surface area contributed by atoms with E-state index in [4.69, 9.17) is 11.6 Å². The minimum Gasteiger partial charge on any atom is -0.369 e. The van der Waals surface area contributed by atoms with Crippen molar-refractivity contribution in [1.82, 2.24) is 4.31 Å². The Morgan fingerprint density at radius 2 is 1.74 bits per heavy atom. The lowest BCUT2D eigenvalue weighted by Crippen LogP contribution is -2.51. The first-order chi connectivity index (χ1) is 9.05. The Kier molecular flexibility index (Phi) is 4.71. The fraction of sp³-hybridized carbons (Fsp3) is 0.538. The van der Waals surface area contributed by atoms with Crippen molar-refractivity contribution in [3.05, 3.63) is 30.3 Å². The molecule has 0 radical (unpaired) electrons. The van der Waals surface area contributed by atoms with E-state index >= 15 is 0 Å². The number of anilines is 1. The van der Waals surface area contributed by atoms with E-state index in [0.717, 1.165) is 18.8 Å². The third-order valence-corrected chi connectivity index (χ3v) is 6.36. The van der Waals surface area contributed by atoms with Crippen molar-refractivity contribution >= 4 is 27.3 Å². The molecule has 1 fully saturated rings. The van der Waals surface area contributed by atoms with Crippen molar-refractivity contribution < 1.29 is 8.42 Å². The summed E-state index contributed by atoms with van der Waals surface area (Å²) in [7, 11) is -3.24. The first-order valence-electron chi connectivity index (χ1n) is 6.40. The highest BCUT2D eigenvalue weighted by molar-refractivity contribution is 7.89. The monoisotopic (exact) mass is 302 g/mol. The summed E-state index contributed by atoms with van der Waals surface area (Å²) in [5, 5.41) is -0.516. The van der Waals surface area contributed by atoms with Gasteiger partial charge in [-0.25, -0.2) is 8.42 Å². The number of sulfonamides is 1. The summed E-state index contributed by atoms with van der Waals surface area (Å²) in [6.07, 6.45) is 0. The molecule has 1 unspecified atom stereocenters. The highest BCUT2D eigenvalue weighted by Gasteiger charge is 2.31. The second-order valence-corrected chi connectivity index (χ2v) is 7.39. The van der Waals surface area contributed by atoms with Gasteiger partial charge >= 0.3 is 0 Å². The number of hydrogen-bond acceptors (Lipinski definition) is 3. The van der Waals surface area contributed by atoms with Crippen molar-refractivity contribution in [3.63, 3.8) is 0 Å². The molecule has 0 N–H and O–H groups in total. The zero-order valence-corrected chi connectivity index (χ0v) is 12.6. The van der Waals surface area contributed by atoms with Crippen LogP contribution >= 0.6 is 11.6 Å². The van der Waals surface area contributed by atoms with E-state index in [0.29, 0.717) is 13.1 Å². The van der Waals surface area contributed by atoms with Gasteiger partial charge in [0.05, 0.1) is 5.25 Å². The molecule has 1 atom stereocenters. The fourth-order valence-corrected chi connectivity index (χ4v) is 3.99. The van der Waals surface area contributed by atoms with Gasteiger partial charge in [0.15, 0.2) is 0 Å². The second kappa shape index (κ2) is 6.11. The van der Waals surface area contributed by atoms with Gasteiger partial charge in [-0.1, -0.05) is 18.2 Å². The lowest BCUT2D eigenvalue weighted by Gasteiger charge is -2.36. The van der Waals surface area contributed by atoms with E-state index < -0.39 is 15.3 Å². The fourth-order valence-electron chi connectivity index (χ4n) is 2.17. The number of benzene rings is 1. The average Bonchev–Trinajstić information content (AvgIpc) is 2.47. The summed E-state index contributed by atoms with van der Waals surface area (Å²) in [4.78, 5) is 2.21. The number of piperazine rings is 1. The van der Waals surface area contributed by atoms with Crippen LogP contribution in [0.3, 0.4) is 0 Å². The van der Waals surface area contributed by atoms with Gasteiger partial charge in [0.1, 0.15) is 0 Å². The predicted molar refractivity (Wildman–Crippen MR) is 79.3 cm³/mol. The first-order valence-corrected chi connectivity index (χ1v) is 8.44. The molecular weight excluding hydrogens is 284 g/mol. The highest BCUT2D eigenvalue weighted by atomic mass is 35.5. The number of para-hydroxylation sites is 1. The van der Waals surface area contributed by atoms with Gasteiger partial charge in [-0.05, 0) is 19.1 Å². The molecule has 0 aromatic heterocycles. The van der Waals surface area contributed by atoms with Gasteiger partial charge in [-0.2, -0.15) is 4.31 Å². The minimum atomic E-state index is -3.24. The third-order valence-electron chi connectivity index (χ3n) is 3.45. The molecule has 1 heterocycles. The molecule has 0 saturated carbocycles. The zero-order valence-electron chi connectivity index (χ0n) is 11.0. The quantitative estimate of drug-likeness (QED) is 0.796. The van der Waals surface area contributed by atoms with E-state index in [1.165, 1.54) is 0 Å². The molecule has 0 spiro atoms. The molecule has 2 rings (SSSR count). The Hall–Kier alpha value is -0.780. The molecule has 1 aliphatic rings. The third kappa shape index (κ3) is 3.22. The number of rotatable bonds is 4. The molecule has 19 heavy (non-hydrogen) atoms. The molecule has 106 valence electrons. The molecule has 4 nitrogen and oxygen atoms in total. The van der Waals surface area contributed by atoms with Crippen LogP contribution in [-0.4, -0.2) is 50.0 Å². The highest BCUT2D eigenvalue weighted by Crippen LogP contribution is 2.18. The maximum absolute atomic E-state index is 12.2. The van der Waals surface area contributed by atoms with Crippen molar-refractivity contribution in [2.75, 3.05) is 37.0 Å². The van der Waals surface area contributed by atoms with Gasteiger partial charge in [0, 0.05) is 37.7 Å². The smallest absolute Gasteiger partial charge is 0.218 e. The van der Waals surface area contributed by atoms with Crippen LogP contribution in [0.15, 0.2) is 30.3 Å². The number of alkyl halides is 1. The Morgan fingerprint density at radius 3 is 2.26 bits per heavy atom. The predicted octanol–water partition coefficient (Wildman–Crippen LogP) is 1.77. The lowest BCUT2D eigenvalue weighted by atomic mass is 10.2. The summed E-state index contributed by atoms with van der Waals surface area (Å²) in [5.74, 6) is 0.140. The molecule has 1 saturated heterocycles. The van der Waals surface area contributed by atoms with Crippen LogP contribution in [0.4, 0.5) is 5.69 Å². The Morgan fingerprint density at radius 1 is 1.16 bits per heavy atom. The Labute approximate surface area is 120 Å². The lowest BCUT2D eigenvalue weighted by molar-refractivity contribution is 0.381. The van der Waals surface area contributed by atoms with Crippen molar-refractivity contribution in [2.24, 2.45) is 0 Å². The summed E-state index contributed by atoms with van der Waals surface area (Å²) in [6, 6.07) is 10.1. The maximum atomic E-state index is 12.2. The van der Waals surface area contributed by atoms with Gasteiger partial charge in [-0.15, -0.1) is 11.6 Å². The summed E-state index contributed by atoms with van der Waals surface area (Å²) >= 11 is 5.66. The van der Waals surface area contributed by atoms with Crippen LogP contribution in [0.1, 0.15) is 6.92 Å². The number of hydrogen-bond donors (Lipinski definition) is 0. The molecule has 1 aromatic rings. The molecule has 0 aliphatic carbocycles. The topological polar surface area (TPSA) is 40.6 Å². The Bertz CT molecular complexity index is 499. The first kappa shape index (κ1) is 14.6. The standard InChI is InChI=1S/C13H19ClN2O2S/c1-12(11-14)19(17,18)16-9-7-15(8-10-16)13-5-3-2-4-6-13/h2-6,12H,7-11H2,1H3. The molecule has 1 aromatic carbocycles. The van der Waals surface area contributed by atoms with E-state index in [1.54, 1.807) is 11.2 Å². The van der Waals surface area contributed by atoms with Crippen LogP contribution < -0.4 is 4.90 Å². The van der Waals surface area contributed by atoms with Crippen molar-refractivity contribution in [2.45, 2.75) is 12.2 Å². The number of nitrogens with zero attached hydrogens (tertiary/aromatic N) is 2.